The molecule has 4 nitrogen and oxygen atoms in total. The zero-order valence-corrected chi connectivity index (χ0v) is 11.2. The Bertz CT molecular complexity index is 425. The summed E-state index contributed by atoms with van der Waals surface area (Å²) in [7, 11) is 0. The van der Waals surface area contributed by atoms with Gasteiger partial charge in [-0.2, -0.15) is 0 Å². The highest BCUT2D eigenvalue weighted by Gasteiger charge is 2.27. The first-order valence-corrected chi connectivity index (χ1v) is 6.61. The van der Waals surface area contributed by atoms with Crippen molar-refractivity contribution in [2.45, 2.75) is 19.8 Å². The minimum absolute atomic E-state index is 0.0528. The number of carbonyl (C=O) groups excluding carboxylic acids is 1. The quantitative estimate of drug-likeness (QED) is 0.790. The summed E-state index contributed by atoms with van der Waals surface area (Å²) in [4.78, 5) is 17.9. The first-order chi connectivity index (χ1) is 8.72. The number of anilines is 1. The lowest BCUT2D eigenvalue weighted by molar-refractivity contribution is -0.148. The van der Waals surface area contributed by atoms with Crippen molar-refractivity contribution < 1.29 is 9.53 Å². The molecule has 2 rings (SSSR count). The van der Waals surface area contributed by atoms with Crippen LogP contribution in [0.4, 0.5) is 5.69 Å². The fraction of sp³-hybridized carbons (Fsp3) is 0.538. The van der Waals surface area contributed by atoms with Gasteiger partial charge in [0.25, 0.3) is 0 Å². The van der Waals surface area contributed by atoms with Crippen molar-refractivity contribution in [1.29, 1.82) is 0 Å². The van der Waals surface area contributed by atoms with E-state index in [1.165, 1.54) is 0 Å². The molecular formula is C13H17ClN2O2. The minimum atomic E-state index is -0.104. The van der Waals surface area contributed by atoms with Gasteiger partial charge in [-0.1, -0.05) is 11.6 Å². The van der Waals surface area contributed by atoms with E-state index in [1.807, 2.05) is 13.0 Å². The van der Waals surface area contributed by atoms with Gasteiger partial charge in [0.2, 0.25) is 0 Å². The van der Waals surface area contributed by atoms with Crippen molar-refractivity contribution in [1.82, 2.24) is 4.98 Å². The molecule has 98 valence electrons. The SMILES string of the molecule is CCOC(=O)[C@@H]1CCCN(c2ccncc2Cl)C1. The van der Waals surface area contributed by atoms with Gasteiger partial charge in [-0.3, -0.25) is 9.78 Å². The summed E-state index contributed by atoms with van der Waals surface area (Å²) < 4.78 is 5.08. The highest BCUT2D eigenvalue weighted by molar-refractivity contribution is 6.33. The maximum absolute atomic E-state index is 11.8. The number of esters is 1. The van der Waals surface area contributed by atoms with Crippen LogP contribution in [0.5, 0.6) is 0 Å². The number of hydrogen-bond acceptors (Lipinski definition) is 4. The van der Waals surface area contributed by atoms with E-state index in [-0.39, 0.29) is 11.9 Å². The summed E-state index contributed by atoms with van der Waals surface area (Å²) in [6.07, 6.45) is 5.21. The van der Waals surface area contributed by atoms with Gasteiger partial charge < -0.3 is 9.64 Å². The molecule has 0 radical (unpaired) electrons. The summed E-state index contributed by atoms with van der Waals surface area (Å²) >= 11 is 6.13. The van der Waals surface area contributed by atoms with Gasteiger partial charge in [0.1, 0.15) is 0 Å². The van der Waals surface area contributed by atoms with Crippen LogP contribution in [0.15, 0.2) is 18.5 Å². The Hall–Kier alpha value is -1.29. The van der Waals surface area contributed by atoms with Crippen molar-refractivity contribution >= 4 is 23.3 Å². The molecule has 1 aliphatic heterocycles. The topological polar surface area (TPSA) is 42.4 Å². The molecule has 1 saturated heterocycles. The molecule has 18 heavy (non-hydrogen) atoms. The van der Waals surface area contributed by atoms with E-state index in [4.69, 9.17) is 16.3 Å². The molecule has 0 aromatic carbocycles. The van der Waals surface area contributed by atoms with E-state index in [0.717, 1.165) is 25.1 Å². The number of piperidine rings is 1. The van der Waals surface area contributed by atoms with Crippen molar-refractivity contribution in [3.05, 3.63) is 23.5 Å². The van der Waals surface area contributed by atoms with Gasteiger partial charge in [-0.25, -0.2) is 0 Å². The van der Waals surface area contributed by atoms with E-state index in [2.05, 4.69) is 9.88 Å². The van der Waals surface area contributed by atoms with Gasteiger partial charge in [0, 0.05) is 25.5 Å². The van der Waals surface area contributed by atoms with Crippen LogP contribution >= 0.6 is 11.6 Å². The summed E-state index contributed by atoms with van der Waals surface area (Å²) in [6.45, 7) is 3.85. The third-order valence-corrected chi connectivity index (χ3v) is 3.42. The van der Waals surface area contributed by atoms with Gasteiger partial charge in [0.05, 0.1) is 23.2 Å². The highest BCUT2D eigenvalue weighted by Crippen LogP contribution is 2.29. The summed E-state index contributed by atoms with van der Waals surface area (Å²) in [5.74, 6) is -0.157. The first kappa shape index (κ1) is 13.1. The molecule has 1 aliphatic rings. The predicted molar refractivity (Wildman–Crippen MR) is 70.8 cm³/mol. The van der Waals surface area contributed by atoms with E-state index in [9.17, 15) is 4.79 Å². The number of rotatable bonds is 3. The zero-order valence-electron chi connectivity index (χ0n) is 10.4. The molecule has 1 aromatic rings. The largest absolute Gasteiger partial charge is 0.466 e. The second kappa shape index (κ2) is 6.05. The van der Waals surface area contributed by atoms with Crippen LogP contribution in [0.25, 0.3) is 0 Å². The first-order valence-electron chi connectivity index (χ1n) is 6.23. The smallest absolute Gasteiger partial charge is 0.310 e. The number of nitrogens with zero attached hydrogens (tertiary/aromatic N) is 2. The van der Waals surface area contributed by atoms with Crippen LogP contribution in [0.1, 0.15) is 19.8 Å². The molecule has 0 aliphatic carbocycles. The molecule has 0 saturated carbocycles. The standard InChI is InChI=1S/C13H17ClN2O2/c1-2-18-13(17)10-4-3-7-16(9-10)12-5-6-15-8-11(12)14/h5-6,8,10H,2-4,7,9H2,1H3/t10-/m1/s1. The van der Waals surface area contributed by atoms with Crippen LogP contribution < -0.4 is 4.90 Å². The molecule has 1 atom stereocenters. The van der Waals surface area contributed by atoms with Gasteiger partial charge in [-0.15, -0.1) is 0 Å². The molecule has 0 bridgehead atoms. The Morgan fingerprint density at radius 1 is 1.67 bits per heavy atom. The second-order valence-corrected chi connectivity index (χ2v) is 4.77. The monoisotopic (exact) mass is 268 g/mol. The van der Waals surface area contributed by atoms with Gasteiger partial charge in [-0.05, 0) is 25.8 Å². The Balaban J connectivity index is 2.07. The van der Waals surface area contributed by atoms with Crippen LogP contribution in [-0.4, -0.2) is 30.6 Å². The lowest BCUT2D eigenvalue weighted by Crippen LogP contribution is -2.39. The molecule has 0 amide bonds. The molecular weight excluding hydrogens is 252 g/mol. The summed E-state index contributed by atoms with van der Waals surface area (Å²) in [5.41, 5.74) is 0.945. The second-order valence-electron chi connectivity index (χ2n) is 4.36. The summed E-state index contributed by atoms with van der Waals surface area (Å²) in [5, 5.41) is 0.627. The molecule has 5 heteroatoms. The Labute approximate surface area is 112 Å². The number of halogens is 1. The lowest BCUT2D eigenvalue weighted by Gasteiger charge is -2.33. The normalized spacial score (nSPS) is 19.7. The number of hydrogen-bond donors (Lipinski definition) is 0. The Morgan fingerprint density at radius 3 is 3.22 bits per heavy atom. The van der Waals surface area contributed by atoms with E-state index < -0.39 is 0 Å². The Kier molecular flexibility index (Phi) is 4.42. The predicted octanol–water partition coefficient (Wildman–Crippen LogP) is 2.51. The van der Waals surface area contributed by atoms with Crippen LogP contribution in [0, 0.1) is 5.92 Å². The number of carbonyl (C=O) groups is 1. The van der Waals surface area contributed by atoms with Crippen LogP contribution in [0.2, 0.25) is 5.02 Å². The van der Waals surface area contributed by atoms with Crippen LogP contribution in [-0.2, 0) is 9.53 Å². The van der Waals surface area contributed by atoms with E-state index >= 15 is 0 Å². The van der Waals surface area contributed by atoms with Crippen LogP contribution in [0.3, 0.4) is 0 Å². The minimum Gasteiger partial charge on any atom is -0.466 e. The molecule has 1 aromatic heterocycles. The number of pyridine rings is 1. The van der Waals surface area contributed by atoms with Crippen molar-refractivity contribution in [3.63, 3.8) is 0 Å². The van der Waals surface area contributed by atoms with Crippen molar-refractivity contribution in [3.8, 4) is 0 Å². The number of ether oxygens (including phenoxy) is 1. The average Bonchev–Trinajstić information content (AvgIpc) is 2.40. The molecule has 0 unspecified atom stereocenters. The highest BCUT2D eigenvalue weighted by atomic mass is 35.5. The number of aromatic nitrogens is 1. The molecule has 0 N–H and O–H groups in total. The van der Waals surface area contributed by atoms with Crippen molar-refractivity contribution in [2.75, 3.05) is 24.6 Å². The lowest BCUT2D eigenvalue weighted by atomic mass is 9.98. The maximum atomic E-state index is 11.8. The summed E-state index contributed by atoms with van der Waals surface area (Å²) in [6, 6.07) is 1.88. The zero-order chi connectivity index (χ0) is 13.0. The molecule has 2 heterocycles. The van der Waals surface area contributed by atoms with E-state index in [1.54, 1.807) is 12.4 Å². The maximum Gasteiger partial charge on any atom is 0.310 e. The van der Waals surface area contributed by atoms with Crippen molar-refractivity contribution in [2.24, 2.45) is 5.92 Å². The third kappa shape index (κ3) is 2.93. The van der Waals surface area contributed by atoms with E-state index in [0.29, 0.717) is 18.2 Å². The van der Waals surface area contributed by atoms with Gasteiger partial charge in [0.15, 0.2) is 0 Å². The molecule has 1 fully saturated rings. The fourth-order valence-corrected chi connectivity index (χ4v) is 2.51. The third-order valence-electron chi connectivity index (χ3n) is 3.13. The van der Waals surface area contributed by atoms with Gasteiger partial charge >= 0.3 is 5.97 Å². The molecule has 0 spiro atoms. The Morgan fingerprint density at radius 2 is 2.50 bits per heavy atom. The fourth-order valence-electron chi connectivity index (χ4n) is 2.27. The average molecular weight is 269 g/mol.